The third kappa shape index (κ3) is 3.77. The molecule has 7 atom stereocenters. The second-order valence-electron chi connectivity index (χ2n) is 11.7. The van der Waals surface area contributed by atoms with Crippen LogP contribution in [0.25, 0.3) is 11.0 Å². The first-order valence-corrected chi connectivity index (χ1v) is 14.8. The maximum atomic E-state index is 14.7. The van der Waals surface area contributed by atoms with Crippen LogP contribution in [0.3, 0.4) is 0 Å². The van der Waals surface area contributed by atoms with Gasteiger partial charge in [-0.05, 0) is 25.0 Å². The Hall–Kier alpha value is -3.18. The Labute approximate surface area is 238 Å². The number of amides is 3. The zero-order valence-corrected chi connectivity index (χ0v) is 24.1. The van der Waals surface area contributed by atoms with Crippen molar-refractivity contribution in [3.05, 3.63) is 48.6 Å². The van der Waals surface area contributed by atoms with Crippen molar-refractivity contribution in [2.45, 2.75) is 55.4 Å². The topological polar surface area (TPSA) is 112 Å². The van der Waals surface area contributed by atoms with Gasteiger partial charge >= 0.3 is 0 Å². The summed E-state index contributed by atoms with van der Waals surface area (Å²) in [5.74, 6) is -1.91. The van der Waals surface area contributed by atoms with E-state index >= 15 is 0 Å². The first kappa shape index (κ1) is 27.0. The summed E-state index contributed by atoms with van der Waals surface area (Å²) in [5, 5.41) is 19.1. The molecule has 0 bridgehead atoms. The van der Waals surface area contributed by atoms with Gasteiger partial charge in [0.25, 0.3) is 0 Å². The van der Waals surface area contributed by atoms with E-state index in [9.17, 15) is 19.5 Å². The highest BCUT2D eigenvalue weighted by Gasteiger charge is 2.74. The Morgan fingerprint density at radius 3 is 2.58 bits per heavy atom. The lowest BCUT2D eigenvalue weighted by Crippen LogP contribution is -2.58. The summed E-state index contributed by atoms with van der Waals surface area (Å²) >= 11 is 1.55. The van der Waals surface area contributed by atoms with Crippen molar-refractivity contribution < 1.29 is 19.5 Å². The van der Waals surface area contributed by atoms with Gasteiger partial charge < -0.3 is 19.8 Å². The minimum atomic E-state index is -0.953. The highest BCUT2D eigenvalue weighted by atomic mass is 32.2. The lowest BCUT2D eigenvalue weighted by atomic mass is 9.74. The molecule has 0 saturated carbocycles. The molecule has 1 unspecified atom stereocenters. The van der Waals surface area contributed by atoms with Gasteiger partial charge in [0.2, 0.25) is 17.7 Å². The third-order valence-electron chi connectivity index (χ3n) is 9.35. The van der Waals surface area contributed by atoms with Gasteiger partial charge in [0, 0.05) is 24.9 Å². The quantitative estimate of drug-likeness (QED) is 0.534. The fraction of sp³-hybridized carbons (Fsp3) is 0.552. The molecule has 6 rings (SSSR count). The number of para-hydroxylation sites is 1. The number of nitrogens with zero attached hydrogens (tertiary/aromatic N) is 6. The molecule has 5 heterocycles. The fourth-order valence-corrected chi connectivity index (χ4v) is 9.26. The highest BCUT2D eigenvalue weighted by Crippen LogP contribution is 2.66. The van der Waals surface area contributed by atoms with Crippen LogP contribution in [0.2, 0.25) is 0 Å². The molecule has 4 aliphatic rings. The lowest BCUT2D eigenvalue weighted by molar-refractivity contribution is -0.148. The molecule has 2 fully saturated rings. The van der Waals surface area contributed by atoms with Crippen LogP contribution in [0.15, 0.2) is 48.6 Å². The second-order valence-corrected chi connectivity index (χ2v) is 13.5. The Bertz CT molecular complexity index is 1420. The van der Waals surface area contributed by atoms with Crippen molar-refractivity contribution >= 4 is 40.5 Å². The molecule has 0 radical (unpaired) electrons. The maximum absolute atomic E-state index is 14.7. The van der Waals surface area contributed by atoms with Crippen molar-refractivity contribution in [2.24, 2.45) is 17.8 Å². The molecule has 212 valence electrons. The van der Waals surface area contributed by atoms with Crippen LogP contribution in [0.1, 0.15) is 27.2 Å². The Morgan fingerprint density at radius 1 is 1.07 bits per heavy atom. The number of hydrogen-bond donors (Lipinski definition) is 1. The number of fused-ring (bicyclic) bond motifs is 3. The smallest absolute Gasteiger partial charge is 0.248 e. The summed E-state index contributed by atoms with van der Waals surface area (Å²) in [5.41, 5.74) is 1.55. The van der Waals surface area contributed by atoms with E-state index in [-0.39, 0.29) is 36.9 Å². The average Bonchev–Trinajstić information content (AvgIpc) is 3.47. The molecular weight excluding hydrogens is 528 g/mol. The molecule has 3 amide bonds. The van der Waals surface area contributed by atoms with Crippen LogP contribution in [-0.2, 0) is 21.1 Å². The van der Waals surface area contributed by atoms with Crippen LogP contribution in [-0.4, -0.2) is 101 Å². The first-order chi connectivity index (χ1) is 19.2. The van der Waals surface area contributed by atoms with Gasteiger partial charge in [-0.25, -0.2) is 4.68 Å². The number of benzene rings is 1. The maximum Gasteiger partial charge on any atom is 0.248 e. The Balaban J connectivity index is 1.47. The van der Waals surface area contributed by atoms with Gasteiger partial charge in [0.05, 0.1) is 34.7 Å². The van der Waals surface area contributed by atoms with E-state index in [2.05, 4.69) is 10.3 Å². The van der Waals surface area contributed by atoms with Gasteiger partial charge in [-0.1, -0.05) is 61.9 Å². The number of aromatic nitrogens is 3. The normalized spacial score (nSPS) is 33.2. The number of rotatable bonds is 6. The number of aliphatic hydroxyl groups is 1. The number of likely N-dealkylation sites (N-methyl/N-ethyl adjacent to an activating group) is 1. The monoisotopic (exact) mass is 564 g/mol. The molecular formula is C29H36N6O4S. The number of aliphatic hydroxyl groups excluding tert-OH is 1. The van der Waals surface area contributed by atoms with Crippen LogP contribution < -0.4 is 0 Å². The van der Waals surface area contributed by atoms with E-state index in [0.717, 1.165) is 17.5 Å². The first-order valence-electron chi connectivity index (χ1n) is 14.0. The molecule has 1 aromatic carbocycles. The summed E-state index contributed by atoms with van der Waals surface area (Å²) in [6.07, 6.45) is 8.73. The SMILES string of the molecule is CC[C@H](C)[C@H](CO)N1C(=O)[C@@H]2[C@H]3C(=O)N(C)CC=C[C@@]3(C)S[C@@]23C=CCN(Cn2nnc4ccccc42)C(=O)C13. The summed E-state index contributed by atoms with van der Waals surface area (Å²) in [4.78, 5) is 48.0. The molecule has 1 aromatic heterocycles. The van der Waals surface area contributed by atoms with Crippen molar-refractivity contribution in [2.75, 3.05) is 26.7 Å². The minimum Gasteiger partial charge on any atom is -0.394 e. The minimum absolute atomic E-state index is 0.0404. The Morgan fingerprint density at radius 2 is 1.82 bits per heavy atom. The molecule has 2 saturated heterocycles. The van der Waals surface area contributed by atoms with Crippen LogP contribution in [0.5, 0.6) is 0 Å². The molecule has 2 aromatic rings. The lowest BCUT2D eigenvalue weighted by Gasteiger charge is -2.41. The van der Waals surface area contributed by atoms with E-state index in [1.54, 1.807) is 38.2 Å². The van der Waals surface area contributed by atoms with Crippen molar-refractivity contribution in [1.82, 2.24) is 29.7 Å². The van der Waals surface area contributed by atoms with Crippen molar-refractivity contribution in [1.29, 1.82) is 0 Å². The predicted molar refractivity (Wildman–Crippen MR) is 152 cm³/mol. The molecule has 0 aliphatic carbocycles. The summed E-state index contributed by atoms with van der Waals surface area (Å²) < 4.78 is 0.0927. The molecule has 4 aliphatic heterocycles. The van der Waals surface area contributed by atoms with Crippen LogP contribution in [0, 0.1) is 17.8 Å². The number of carbonyl (C=O) groups is 3. The predicted octanol–water partition coefficient (Wildman–Crippen LogP) is 1.91. The molecule has 1 spiro atoms. The van der Waals surface area contributed by atoms with Crippen molar-refractivity contribution in [3.8, 4) is 0 Å². The van der Waals surface area contributed by atoms with Gasteiger partial charge in [-0.2, -0.15) is 0 Å². The van der Waals surface area contributed by atoms with Crippen molar-refractivity contribution in [3.63, 3.8) is 0 Å². The Kier molecular flexibility index (Phi) is 6.57. The molecule has 10 nitrogen and oxygen atoms in total. The molecule has 40 heavy (non-hydrogen) atoms. The third-order valence-corrected chi connectivity index (χ3v) is 11.1. The van der Waals surface area contributed by atoms with Gasteiger partial charge in [-0.15, -0.1) is 16.9 Å². The summed E-state index contributed by atoms with van der Waals surface area (Å²) in [6, 6.07) is 6.17. The highest BCUT2D eigenvalue weighted by molar-refractivity contribution is 8.02. The van der Waals surface area contributed by atoms with E-state index < -0.39 is 33.4 Å². The zero-order valence-electron chi connectivity index (χ0n) is 23.3. The summed E-state index contributed by atoms with van der Waals surface area (Å²) in [7, 11) is 1.76. The summed E-state index contributed by atoms with van der Waals surface area (Å²) in [6.45, 7) is 6.75. The van der Waals surface area contributed by atoms with Crippen LogP contribution >= 0.6 is 11.8 Å². The van der Waals surface area contributed by atoms with E-state index in [1.165, 1.54) is 0 Å². The molecule has 11 heteroatoms. The average molecular weight is 565 g/mol. The van der Waals surface area contributed by atoms with Gasteiger partial charge in [-0.3, -0.25) is 14.4 Å². The second kappa shape index (κ2) is 9.73. The van der Waals surface area contributed by atoms with Crippen LogP contribution in [0.4, 0.5) is 0 Å². The van der Waals surface area contributed by atoms with E-state index in [1.807, 2.05) is 69.3 Å². The number of carbonyl (C=O) groups excluding carboxylic acids is 3. The molecule has 1 N–H and O–H groups in total. The van der Waals surface area contributed by atoms with E-state index in [0.29, 0.717) is 13.1 Å². The fourth-order valence-electron chi connectivity index (χ4n) is 7.11. The standard InChI is InChI=1S/C29H36N6O4S/c1-5-18(2)21(16-36)35-24-27(39)33(17-34-20-11-7-6-10-19(20)30-31-34)15-9-13-29(24)23(26(35)38)22-25(37)32(4)14-8-12-28(22,3)40-29/h6-13,18,21-24,36H,5,14-17H2,1-4H3/t18-,21-,22-,23-,24?,28+,29-/m0/s1. The largest absolute Gasteiger partial charge is 0.394 e. The van der Waals surface area contributed by atoms with Gasteiger partial charge in [0.15, 0.2) is 0 Å². The van der Waals surface area contributed by atoms with Gasteiger partial charge in [0.1, 0.15) is 18.2 Å². The number of hydrogen-bond acceptors (Lipinski definition) is 7. The van der Waals surface area contributed by atoms with E-state index in [4.69, 9.17) is 0 Å². The zero-order chi connectivity index (χ0) is 28.4. The number of thioether (sulfide) groups is 1. The number of likely N-dealkylation sites (tertiary alicyclic amines) is 1.